The van der Waals surface area contributed by atoms with Gasteiger partial charge in [-0.1, -0.05) is 12.1 Å². The van der Waals surface area contributed by atoms with E-state index in [1.807, 2.05) is 31.0 Å². The third-order valence-electron chi connectivity index (χ3n) is 4.85. The van der Waals surface area contributed by atoms with Crippen LogP contribution in [0, 0.1) is 5.92 Å². The number of hydrogen-bond donors (Lipinski definition) is 1. The smallest absolute Gasteiger partial charge is 0.253 e. The maximum Gasteiger partial charge on any atom is 0.253 e. The molecule has 3 rings (SSSR count). The van der Waals surface area contributed by atoms with Gasteiger partial charge in [0, 0.05) is 31.6 Å². The molecule has 118 valence electrons. The van der Waals surface area contributed by atoms with E-state index in [4.69, 9.17) is 0 Å². The Morgan fingerprint density at radius 1 is 1.50 bits per heavy atom. The van der Waals surface area contributed by atoms with Crippen LogP contribution in [0.3, 0.4) is 0 Å². The van der Waals surface area contributed by atoms with Gasteiger partial charge in [-0.25, -0.2) is 4.68 Å². The predicted octanol–water partition coefficient (Wildman–Crippen LogP) is 1.59. The Bertz CT molecular complexity index is 707. The summed E-state index contributed by atoms with van der Waals surface area (Å²) in [5.41, 5.74) is 1.58. The summed E-state index contributed by atoms with van der Waals surface area (Å²) in [6, 6.07) is 5.49. The van der Waals surface area contributed by atoms with Crippen LogP contribution in [0.5, 0.6) is 0 Å². The first-order valence-corrected chi connectivity index (χ1v) is 7.73. The lowest BCUT2D eigenvalue weighted by atomic mass is 9.81. The maximum absolute atomic E-state index is 12.7. The number of carbonyl (C=O) groups is 1. The number of hydrogen-bond acceptors (Lipinski definition) is 4. The van der Waals surface area contributed by atoms with Crippen molar-refractivity contribution in [3.63, 3.8) is 0 Å². The van der Waals surface area contributed by atoms with Crippen LogP contribution in [0.4, 0.5) is 0 Å². The molecule has 1 N–H and O–H groups in total. The number of amides is 1. The van der Waals surface area contributed by atoms with Crippen molar-refractivity contribution >= 4 is 16.9 Å². The fourth-order valence-electron chi connectivity index (χ4n) is 3.23. The van der Waals surface area contributed by atoms with Gasteiger partial charge in [-0.3, -0.25) is 4.79 Å². The standard InChI is InChI=1S/C16H22N4O2/c1-4-12-10-20(8-7-16(12,2)22)15(21)11-5-6-14-13(9-11)17-18-19(14)3/h5-6,9,12,22H,4,7-8,10H2,1-3H3/t12-,16+/m0/s1. The van der Waals surface area contributed by atoms with Crippen LogP contribution < -0.4 is 0 Å². The van der Waals surface area contributed by atoms with Gasteiger partial charge in [-0.05, 0) is 38.0 Å². The minimum atomic E-state index is -0.680. The highest BCUT2D eigenvalue weighted by molar-refractivity contribution is 5.97. The maximum atomic E-state index is 12.7. The minimum Gasteiger partial charge on any atom is -0.390 e. The molecule has 1 amide bonds. The summed E-state index contributed by atoms with van der Waals surface area (Å²) in [5, 5.41) is 18.4. The lowest BCUT2D eigenvalue weighted by Gasteiger charge is -2.42. The fraction of sp³-hybridized carbons (Fsp3) is 0.562. The van der Waals surface area contributed by atoms with Crippen LogP contribution in [0.25, 0.3) is 11.0 Å². The summed E-state index contributed by atoms with van der Waals surface area (Å²) in [4.78, 5) is 14.5. The second-order valence-electron chi connectivity index (χ2n) is 6.38. The van der Waals surface area contributed by atoms with Gasteiger partial charge in [0.1, 0.15) is 5.52 Å². The van der Waals surface area contributed by atoms with Crippen LogP contribution in [0.1, 0.15) is 37.0 Å². The zero-order chi connectivity index (χ0) is 15.9. The Hall–Kier alpha value is -1.95. The fourth-order valence-corrected chi connectivity index (χ4v) is 3.23. The molecule has 22 heavy (non-hydrogen) atoms. The third kappa shape index (κ3) is 2.47. The van der Waals surface area contributed by atoms with Crippen molar-refractivity contribution in [3.05, 3.63) is 23.8 Å². The van der Waals surface area contributed by atoms with Gasteiger partial charge in [0.25, 0.3) is 5.91 Å². The van der Waals surface area contributed by atoms with E-state index in [1.165, 1.54) is 0 Å². The van der Waals surface area contributed by atoms with Crippen molar-refractivity contribution in [2.45, 2.75) is 32.3 Å². The van der Waals surface area contributed by atoms with Crippen molar-refractivity contribution in [3.8, 4) is 0 Å². The average molecular weight is 302 g/mol. The molecule has 6 heteroatoms. The van der Waals surface area contributed by atoms with E-state index in [9.17, 15) is 9.90 Å². The first-order valence-electron chi connectivity index (χ1n) is 7.73. The summed E-state index contributed by atoms with van der Waals surface area (Å²) >= 11 is 0. The molecule has 2 heterocycles. The number of piperidine rings is 1. The molecular weight excluding hydrogens is 280 g/mol. The van der Waals surface area contributed by atoms with Crippen molar-refractivity contribution in [2.24, 2.45) is 13.0 Å². The number of aliphatic hydroxyl groups is 1. The summed E-state index contributed by atoms with van der Waals surface area (Å²) < 4.78 is 1.69. The van der Waals surface area contributed by atoms with Gasteiger partial charge < -0.3 is 10.0 Å². The number of fused-ring (bicyclic) bond motifs is 1. The van der Waals surface area contributed by atoms with Gasteiger partial charge >= 0.3 is 0 Å². The number of benzene rings is 1. The predicted molar refractivity (Wildman–Crippen MR) is 83.4 cm³/mol. The van der Waals surface area contributed by atoms with Crippen molar-refractivity contribution in [2.75, 3.05) is 13.1 Å². The topological polar surface area (TPSA) is 71.2 Å². The Morgan fingerprint density at radius 3 is 3.00 bits per heavy atom. The van der Waals surface area contributed by atoms with E-state index in [0.717, 1.165) is 17.5 Å². The van der Waals surface area contributed by atoms with Crippen LogP contribution in [0.15, 0.2) is 18.2 Å². The zero-order valence-electron chi connectivity index (χ0n) is 13.3. The Balaban J connectivity index is 1.83. The molecule has 2 aromatic rings. The van der Waals surface area contributed by atoms with Crippen molar-refractivity contribution in [1.82, 2.24) is 19.9 Å². The largest absolute Gasteiger partial charge is 0.390 e. The molecule has 0 saturated carbocycles. The van der Waals surface area contributed by atoms with E-state index < -0.39 is 5.60 Å². The summed E-state index contributed by atoms with van der Waals surface area (Å²) in [5.74, 6) is 0.118. The molecule has 0 bridgehead atoms. The highest BCUT2D eigenvalue weighted by atomic mass is 16.3. The normalized spacial score (nSPS) is 25.6. The third-order valence-corrected chi connectivity index (χ3v) is 4.85. The van der Waals surface area contributed by atoms with Gasteiger partial charge in [-0.2, -0.15) is 0 Å². The van der Waals surface area contributed by atoms with Gasteiger partial charge in [0.2, 0.25) is 0 Å². The molecule has 1 aliphatic heterocycles. The molecule has 1 fully saturated rings. The van der Waals surface area contributed by atoms with Crippen LogP contribution in [-0.2, 0) is 7.05 Å². The van der Waals surface area contributed by atoms with Crippen LogP contribution in [-0.4, -0.2) is 49.6 Å². The lowest BCUT2D eigenvalue weighted by molar-refractivity contribution is -0.0521. The van der Waals surface area contributed by atoms with E-state index in [2.05, 4.69) is 17.2 Å². The number of likely N-dealkylation sites (tertiary alicyclic amines) is 1. The molecule has 6 nitrogen and oxygen atoms in total. The second-order valence-corrected chi connectivity index (χ2v) is 6.38. The van der Waals surface area contributed by atoms with E-state index in [1.54, 1.807) is 10.7 Å². The average Bonchev–Trinajstić information content (AvgIpc) is 2.87. The summed E-state index contributed by atoms with van der Waals surface area (Å²) in [6.07, 6.45) is 1.48. The molecule has 0 radical (unpaired) electrons. The lowest BCUT2D eigenvalue weighted by Crippen LogP contribution is -2.51. The van der Waals surface area contributed by atoms with Crippen molar-refractivity contribution in [1.29, 1.82) is 0 Å². The molecule has 0 unspecified atom stereocenters. The monoisotopic (exact) mass is 302 g/mol. The number of carbonyl (C=O) groups excluding carboxylic acids is 1. The molecule has 0 aliphatic carbocycles. The number of aryl methyl sites for hydroxylation is 1. The second kappa shape index (κ2) is 5.35. The molecule has 1 aromatic heterocycles. The number of rotatable bonds is 2. The minimum absolute atomic E-state index is 0.00139. The van der Waals surface area contributed by atoms with E-state index >= 15 is 0 Å². The highest BCUT2D eigenvalue weighted by Crippen LogP contribution is 2.30. The summed E-state index contributed by atoms with van der Waals surface area (Å²) in [7, 11) is 1.83. The number of aromatic nitrogens is 3. The van der Waals surface area contributed by atoms with Gasteiger partial charge in [-0.15, -0.1) is 5.10 Å². The quantitative estimate of drug-likeness (QED) is 0.914. The SMILES string of the molecule is CC[C@H]1CN(C(=O)c2ccc3c(c2)nnn3C)CC[C@@]1(C)O. The first-order chi connectivity index (χ1) is 10.4. The van der Waals surface area contributed by atoms with Crippen LogP contribution >= 0.6 is 0 Å². The van der Waals surface area contributed by atoms with Gasteiger partial charge in [0.15, 0.2) is 0 Å². The van der Waals surface area contributed by atoms with E-state index in [0.29, 0.717) is 25.1 Å². The molecular formula is C16H22N4O2. The molecule has 1 aromatic carbocycles. The molecule has 1 saturated heterocycles. The van der Waals surface area contributed by atoms with E-state index in [-0.39, 0.29) is 11.8 Å². The first kappa shape index (κ1) is 15.0. The highest BCUT2D eigenvalue weighted by Gasteiger charge is 2.38. The molecule has 0 spiro atoms. The van der Waals surface area contributed by atoms with Gasteiger partial charge in [0.05, 0.1) is 11.1 Å². The van der Waals surface area contributed by atoms with Crippen molar-refractivity contribution < 1.29 is 9.90 Å². The zero-order valence-corrected chi connectivity index (χ0v) is 13.3. The number of nitrogens with zero attached hydrogens (tertiary/aromatic N) is 4. The Kier molecular flexibility index (Phi) is 3.64. The van der Waals surface area contributed by atoms with Crippen LogP contribution in [0.2, 0.25) is 0 Å². The Labute approximate surface area is 129 Å². The molecule has 1 aliphatic rings. The Morgan fingerprint density at radius 2 is 2.27 bits per heavy atom. The summed E-state index contributed by atoms with van der Waals surface area (Å²) in [6.45, 7) is 5.11. The molecule has 2 atom stereocenters.